The molecule has 8 rings (SSSR count). The van der Waals surface area contributed by atoms with Crippen molar-refractivity contribution in [1.29, 1.82) is 0 Å². The molecule has 0 aliphatic heterocycles. The molecule has 0 saturated heterocycles. The first kappa shape index (κ1) is 39.7. The summed E-state index contributed by atoms with van der Waals surface area (Å²) in [4.78, 5) is 5.96. The Morgan fingerprint density at radius 3 is 1.95 bits per heavy atom. The summed E-state index contributed by atoms with van der Waals surface area (Å²) in [5.41, 5.74) is 9.59. The van der Waals surface area contributed by atoms with Crippen LogP contribution in [0.5, 0.6) is 11.5 Å². The molecule has 5 aromatic carbocycles. The number of rotatable bonds is 11. The van der Waals surface area contributed by atoms with Gasteiger partial charge >= 0.3 is 6.18 Å². The Hall–Kier alpha value is -6.10. The predicted octanol–water partition coefficient (Wildman–Crippen LogP) is 15.6. The Labute approximate surface area is 348 Å². The fourth-order valence-corrected chi connectivity index (χ4v) is 8.88. The summed E-state index contributed by atoms with van der Waals surface area (Å²) in [5, 5.41) is 1.23. The number of thiophene rings is 1. The van der Waals surface area contributed by atoms with Crippen LogP contribution in [0.1, 0.15) is 69.4 Å². The SMILES string of the molecule is C#Cc1sc2c3ccccc3n(CCCCCC)c2c1-c1cccc(Oc2ccc(-c3cc(-c4ccc(C(F)(F)F)cc4)cc(-c4ccc(C(C)(C)C)cc4)n3)cc2)c1. The fourth-order valence-electron chi connectivity index (χ4n) is 7.71. The number of pyridine rings is 1. The summed E-state index contributed by atoms with van der Waals surface area (Å²) in [6.45, 7) is 9.66. The zero-order chi connectivity index (χ0) is 41.3. The number of aryl methyl sites for hydroxylation is 1. The Morgan fingerprint density at radius 2 is 1.31 bits per heavy atom. The number of ether oxygens (including phenoxy) is 1. The van der Waals surface area contributed by atoms with Gasteiger partial charge in [0.25, 0.3) is 0 Å². The first-order valence-electron chi connectivity index (χ1n) is 20.1. The Kier molecular flexibility index (Phi) is 11.0. The van der Waals surface area contributed by atoms with Crippen LogP contribution in [0.25, 0.3) is 65.9 Å². The quantitative estimate of drug-likeness (QED) is 0.0962. The van der Waals surface area contributed by atoms with E-state index < -0.39 is 11.7 Å². The Balaban J connectivity index is 1.12. The first-order chi connectivity index (χ1) is 28.4. The van der Waals surface area contributed by atoms with Gasteiger partial charge in [0, 0.05) is 34.1 Å². The van der Waals surface area contributed by atoms with E-state index in [0.29, 0.717) is 22.8 Å². The van der Waals surface area contributed by atoms with Gasteiger partial charge in [0.1, 0.15) is 11.5 Å². The van der Waals surface area contributed by atoms with Crippen LogP contribution in [0, 0.1) is 12.3 Å². The van der Waals surface area contributed by atoms with Crippen molar-refractivity contribution in [3.63, 3.8) is 0 Å². The van der Waals surface area contributed by atoms with Gasteiger partial charge in [0.2, 0.25) is 0 Å². The van der Waals surface area contributed by atoms with Crippen molar-refractivity contribution >= 4 is 32.5 Å². The van der Waals surface area contributed by atoms with Crippen molar-refractivity contribution in [3.8, 4) is 68.6 Å². The summed E-state index contributed by atoms with van der Waals surface area (Å²) < 4.78 is 50.4. The lowest BCUT2D eigenvalue weighted by molar-refractivity contribution is -0.137. The zero-order valence-corrected chi connectivity index (χ0v) is 34.5. The highest BCUT2D eigenvalue weighted by molar-refractivity contribution is 7.21. The third-order valence-electron chi connectivity index (χ3n) is 10.9. The van der Waals surface area contributed by atoms with Crippen LogP contribution < -0.4 is 4.74 Å². The van der Waals surface area contributed by atoms with E-state index in [0.717, 1.165) is 63.5 Å². The number of hydrogen-bond acceptors (Lipinski definition) is 3. The number of alkyl halides is 3. The van der Waals surface area contributed by atoms with Gasteiger partial charge in [-0.3, -0.25) is 0 Å². The van der Waals surface area contributed by atoms with Crippen LogP contribution >= 0.6 is 11.3 Å². The second kappa shape index (κ2) is 16.3. The molecule has 59 heavy (non-hydrogen) atoms. The molecule has 3 nitrogen and oxygen atoms in total. The minimum absolute atomic E-state index is 0.0137. The van der Waals surface area contributed by atoms with Crippen LogP contribution in [0.3, 0.4) is 0 Å². The number of nitrogens with zero attached hydrogens (tertiary/aromatic N) is 2. The number of aromatic nitrogens is 2. The highest BCUT2D eigenvalue weighted by Gasteiger charge is 2.30. The molecule has 7 heteroatoms. The first-order valence-corrected chi connectivity index (χ1v) is 20.9. The molecule has 0 N–H and O–H groups in total. The molecule has 0 spiro atoms. The smallest absolute Gasteiger partial charge is 0.416 e. The van der Waals surface area contributed by atoms with E-state index in [2.05, 4.69) is 98.8 Å². The van der Waals surface area contributed by atoms with E-state index in [1.165, 1.54) is 58.1 Å². The molecule has 0 bridgehead atoms. The van der Waals surface area contributed by atoms with Crippen molar-refractivity contribution in [2.45, 2.75) is 71.5 Å². The number of para-hydroxylation sites is 1. The normalized spacial score (nSPS) is 12.0. The molecule has 0 aliphatic carbocycles. The van der Waals surface area contributed by atoms with E-state index >= 15 is 0 Å². The van der Waals surface area contributed by atoms with Crippen molar-refractivity contribution in [2.75, 3.05) is 0 Å². The van der Waals surface area contributed by atoms with Crippen LogP contribution in [0.15, 0.2) is 133 Å². The lowest BCUT2D eigenvalue weighted by Gasteiger charge is -2.19. The number of hydrogen-bond donors (Lipinski definition) is 0. The van der Waals surface area contributed by atoms with E-state index in [9.17, 15) is 13.2 Å². The molecule has 8 aromatic rings. The van der Waals surface area contributed by atoms with Crippen molar-refractivity contribution in [2.24, 2.45) is 0 Å². The lowest BCUT2D eigenvalue weighted by Crippen LogP contribution is -2.10. The summed E-state index contributed by atoms with van der Waals surface area (Å²) in [6.07, 6.45) is 6.44. The van der Waals surface area contributed by atoms with E-state index in [1.807, 2.05) is 48.5 Å². The molecule has 0 fully saturated rings. The molecule has 0 atom stereocenters. The summed E-state index contributed by atoms with van der Waals surface area (Å²) in [5.74, 6) is 4.33. The average Bonchev–Trinajstić information content (AvgIpc) is 3.77. The number of fused-ring (bicyclic) bond motifs is 3. The summed E-state index contributed by atoms with van der Waals surface area (Å²) in [6, 6.07) is 41.9. The van der Waals surface area contributed by atoms with Crippen molar-refractivity contribution in [3.05, 3.63) is 149 Å². The maximum absolute atomic E-state index is 13.4. The van der Waals surface area contributed by atoms with Crippen molar-refractivity contribution < 1.29 is 17.9 Å². The van der Waals surface area contributed by atoms with Gasteiger partial charge in [-0.15, -0.1) is 17.8 Å². The fraction of sp³-hybridized carbons (Fsp3) is 0.212. The van der Waals surface area contributed by atoms with Crippen LogP contribution in [0.2, 0.25) is 0 Å². The van der Waals surface area contributed by atoms with Crippen LogP contribution in [-0.4, -0.2) is 9.55 Å². The molecule has 0 amide bonds. The van der Waals surface area contributed by atoms with Gasteiger partial charge in [-0.1, -0.05) is 120 Å². The maximum atomic E-state index is 13.4. The van der Waals surface area contributed by atoms with Gasteiger partial charge in [-0.25, -0.2) is 4.98 Å². The van der Waals surface area contributed by atoms with E-state index in [-0.39, 0.29) is 5.41 Å². The van der Waals surface area contributed by atoms with Gasteiger partial charge in [0.05, 0.1) is 32.0 Å². The zero-order valence-electron chi connectivity index (χ0n) is 33.7. The van der Waals surface area contributed by atoms with E-state index in [1.54, 1.807) is 11.3 Å². The molecule has 0 unspecified atom stereocenters. The number of terminal acetylenes is 1. The van der Waals surface area contributed by atoms with Gasteiger partial charge in [-0.05, 0) is 101 Å². The molecule has 3 aromatic heterocycles. The van der Waals surface area contributed by atoms with Gasteiger partial charge in [-0.2, -0.15) is 13.2 Å². The summed E-state index contributed by atoms with van der Waals surface area (Å²) in [7, 11) is 0. The largest absolute Gasteiger partial charge is 0.457 e. The van der Waals surface area contributed by atoms with E-state index in [4.69, 9.17) is 16.1 Å². The minimum Gasteiger partial charge on any atom is -0.457 e. The standard InChI is InChI=1S/C52H45F3N2OS/c1-6-8-9-12-30-57-46-17-11-10-16-43(46)50-49(57)48(47(7-2)59-50)37-14-13-15-42(31-37)58-41-28-22-36(23-29-41)45-33-38(34-18-26-40(27-19-34)52(53,54)55)32-44(56-45)35-20-24-39(25-21-35)51(3,4)5/h2,10-11,13-29,31-33H,6,8-9,12,30H2,1,3-5H3. The highest BCUT2D eigenvalue weighted by atomic mass is 32.1. The third kappa shape index (κ3) is 8.28. The second-order valence-electron chi connectivity index (χ2n) is 16.0. The number of unbranched alkanes of at least 4 members (excludes halogenated alkanes) is 3. The second-order valence-corrected chi connectivity index (χ2v) is 17.1. The highest BCUT2D eigenvalue weighted by Crippen LogP contribution is 2.45. The average molecular weight is 803 g/mol. The maximum Gasteiger partial charge on any atom is 0.416 e. The monoisotopic (exact) mass is 802 g/mol. The Bertz CT molecular complexity index is 2720. The molecular weight excluding hydrogens is 758 g/mol. The van der Waals surface area contributed by atoms with Gasteiger partial charge < -0.3 is 9.30 Å². The molecule has 0 saturated carbocycles. The summed E-state index contributed by atoms with van der Waals surface area (Å²) >= 11 is 1.68. The Morgan fingerprint density at radius 1 is 0.661 bits per heavy atom. The van der Waals surface area contributed by atoms with Crippen LogP contribution in [-0.2, 0) is 18.1 Å². The molecule has 3 heterocycles. The van der Waals surface area contributed by atoms with Crippen LogP contribution in [0.4, 0.5) is 13.2 Å². The minimum atomic E-state index is -4.41. The molecule has 0 radical (unpaired) electrons. The third-order valence-corrected chi connectivity index (χ3v) is 12.0. The molecular formula is C52H45F3N2OS. The van der Waals surface area contributed by atoms with Gasteiger partial charge in [0.15, 0.2) is 0 Å². The molecule has 0 aliphatic rings. The topological polar surface area (TPSA) is 27.1 Å². The predicted molar refractivity (Wildman–Crippen MR) is 239 cm³/mol. The molecule has 296 valence electrons. The van der Waals surface area contributed by atoms with Crippen molar-refractivity contribution in [1.82, 2.24) is 9.55 Å². The number of benzene rings is 5. The lowest BCUT2D eigenvalue weighted by atomic mass is 9.86. The number of halogens is 3.